The maximum Gasteiger partial charge on any atom is 0.219 e. The van der Waals surface area contributed by atoms with Crippen molar-refractivity contribution >= 4 is 5.91 Å². The predicted molar refractivity (Wildman–Crippen MR) is 157 cm³/mol. The number of likely N-dealkylation sites (tertiary alicyclic amines) is 1. The fourth-order valence-corrected chi connectivity index (χ4v) is 8.38. The van der Waals surface area contributed by atoms with Gasteiger partial charge in [-0.3, -0.25) is 4.79 Å². The van der Waals surface area contributed by atoms with Crippen LogP contribution in [-0.2, 0) is 27.9 Å². The Morgan fingerprint density at radius 2 is 1.93 bits per heavy atom. The molecule has 40 heavy (non-hydrogen) atoms. The Morgan fingerprint density at radius 1 is 1.15 bits per heavy atom. The zero-order valence-corrected chi connectivity index (χ0v) is 24.9. The normalized spacial score (nSPS) is 31.1. The summed E-state index contributed by atoms with van der Waals surface area (Å²) in [6.45, 7) is 9.96. The molecule has 2 aliphatic carbocycles. The topological polar surface area (TPSA) is 51.2 Å². The van der Waals surface area contributed by atoms with E-state index in [1.807, 2.05) is 30.2 Å². The van der Waals surface area contributed by atoms with E-state index in [2.05, 4.69) is 43.0 Å². The summed E-state index contributed by atoms with van der Waals surface area (Å²) >= 11 is 0. The molecule has 216 valence electrons. The van der Waals surface area contributed by atoms with E-state index in [1.165, 1.54) is 30.5 Å². The van der Waals surface area contributed by atoms with Crippen LogP contribution < -0.4 is 9.47 Å². The van der Waals surface area contributed by atoms with Crippen molar-refractivity contribution in [1.29, 1.82) is 0 Å². The molecule has 2 aliphatic heterocycles. The number of carbonyl (C=O) groups excluding carboxylic acids is 1. The van der Waals surface area contributed by atoms with Gasteiger partial charge in [0.25, 0.3) is 0 Å². The molecule has 1 spiro atoms. The maximum atomic E-state index is 12.9. The molecule has 2 aromatic carbocycles. The second kappa shape index (κ2) is 11.0. The summed E-state index contributed by atoms with van der Waals surface area (Å²) in [5.74, 6) is 3.29. The lowest BCUT2D eigenvalue weighted by Crippen LogP contribution is -2.67. The van der Waals surface area contributed by atoms with Gasteiger partial charge in [0.2, 0.25) is 5.91 Å². The van der Waals surface area contributed by atoms with E-state index in [4.69, 9.17) is 14.2 Å². The monoisotopic (exact) mass is 546 g/mol. The number of rotatable bonds is 9. The lowest BCUT2D eigenvalue weighted by molar-refractivity contribution is -0.147. The Labute approximate surface area is 240 Å². The van der Waals surface area contributed by atoms with Crippen LogP contribution in [0.25, 0.3) is 0 Å². The average Bonchev–Trinajstić information content (AvgIpc) is 3.72. The van der Waals surface area contributed by atoms with E-state index in [0.717, 1.165) is 48.8 Å². The minimum atomic E-state index is -0.119. The van der Waals surface area contributed by atoms with Crippen molar-refractivity contribution in [3.05, 3.63) is 59.2 Å². The van der Waals surface area contributed by atoms with E-state index < -0.39 is 0 Å². The van der Waals surface area contributed by atoms with E-state index in [1.54, 1.807) is 14.0 Å². The van der Waals surface area contributed by atoms with Crippen LogP contribution in [0, 0.1) is 17.8 Å². The van der Waals surface area contributed by atoms with Crippen LogP contribution in [0.1, 0.15) is 63.1 Å². The molecular weight excluding hydrogens is 500 g/mol. The molecule has 6 nitrogen and oxygen atoms in total. The van der Waals surface area contributed by atoms with Crippen molar-refractivity contribution in [1.82, 2.24) is 9.80 Å². The van der Waals surface area contributed by atoms with E-state index in [9.17, 15) is 4.79 Å². The largest absolute Gasteiger partial charge is 0.493 e. The maximum absolute atomic E-state index is 12.9. The second-order valence-corrected chi connectivity index (χ2v) is 12.7. The smallest absolute Gasteiger partial charge is 0.219 e. The summed E-state index contributed by atoms with van der Waals surface area (Å²) in [7, 11) is 3.57. The van der Waals surface area contributed by atoms with E-state index in [0.29, 0.717) is 25.0 Å². The Hall–Kier alpha value is -2.57. The van der Waals surface area contributed by atoms with Crippen molar-refractivity contribution in [2.45, 2.75) is 83.1 Å². The van der Waals surface area contributed by atoms with Gasteiger partial charge in [-0.15, -0.1) is 0 Å². The molecule has 6 heteroatoms. The number of piperidine rings is 1. The van der Waals surface area contributed by atoms with Crippen LogP contribution >= 0.6 is 0 Å². The minimum Gasteiger partial charge on any atom is -0.493 e. The number of methoxy groups -OCH3 is 2. The van der Waals surface area contributed by atoms with Gasteiger partial charge in [-0.05, 0) is 74.6 Å². The zero-order valence-electron chi connectivity index (χ0n) is 24.9. The number of fused-ring (bicyclic) bond motifs is 1. The Kier molecular flexibility index (Phi) is 7.60. The zero-order chi connectivity index (χ0) is 28.0. The van der Waals surface area contributed by atoms with Gasteiger partial charge in [-0.25, -0.2) is 0 Å². The first-order valence-corrected chi connectivity index (χ1v) is 15.3. The van der Waals surface area contributed by atoms with Crippen LogP contribution in [0.4, 0.5) is 0 Å². The van der Waals surface area contributed by atoms with E-state index in [-0.39, 0.29) is 29.4 Å². The molecule has 3 fully saturated rings. The molecule has 4 aliphatic rings. The number of amides is 1. The van der Waals surface area contributed by atoms with Gasteiger partial charge in [-0.2, -0.15) is 0 Å². The van der Waals surface area contributed by atoms with Gasteiger partial charge < -0.3 is 24.0 Å². The molecule has 2 aromatic rings. The number of nitrogens with zero attached hydrogens (tertiary/aromatic N) is 2. The molecule has 0 radical (unpaired) electrons. The number of carbonyl (C=O) groups is 1. The molecule has 1 amide bonds. The highest BCUT2D eigenvalue weighted by atomic mass is 16.6. The van der Waals surface area contributed by atoms with E-state index >= 15 is 0 Å². The predicted octanol–water partition coefficient (Wildman–Crippen LogP) is 5.46. The summed E-state index contributed by atoms with van der Waals surface area (Å²) in [5.41, 5.74) is 3.77. The SMILES string of the molecule is CCc1ccc(OC)c2c1C13CCN(CC4CC4)C(C)C1C[C@H](CN(Cc1ccccc1)C(C)=O)C(OC)[C@@H]3O2. The standard InChI is InChI=1S/C34H46N2O4/c1-6-26-14-15-29(38-4)32-30(26)34-16-17-35(19-25-12-13-25)22(2)28(34)18-27(31(39-5)33(34)40-32)21-36(23(3)37)20-24-10-8-7-9-11-24/h7-11,14-15,22,25,27-28,31,33H,6,12-13,16-21H2,1-5H3/t22?,27-,28?,31?,33+,34?/m1/s1. The first-order valence-electron chi connectivity index (χ1n) is 15.3. The molecule has 2 heterocycles. The number of ether oxygens (including phenoxy) is 3. The molecule has 0 bridgehead atoms. The Bertz CT molecular complexity index is 1210. The highest BCUT2D eigenvalue weighted by Crippen LogP contribution is 2.62. The van der Waals surface area contributed by atoms with Crippen molar-refractivity contribution < 1.29 is 19.0 Å². The molecule has 0 N–H and O–H groups in total. The van der Waals surface area contributed by atoms with Crippen molar-refractivity contribution in [3.8, 4) is 11.5 Å². The molecule has 1 saturated heterocycles. The first-order chi connectivity index (χ1) is 19.4. The van der Waals surface area contributed by atoms with Crippen molar-refractivity contribution in [2.75, 3.05) is 33.9 Å². The molecule has 0 aromatic heterocycles. The van der Waals surface area contributed by atoms with Crippen LogP contribution in [0.2, 0.25) is 0 Å². The average molecular weight is 547 g/mol. The Balaban J connectivity index is 1.40. The summed E-state index contributed by atoms with van der Waals surface area (Å²) < 4.78 is 19.3. The van der Waals surface area contributed by atoms with Crippen LogP contribution in [0.5, 0.6) is 11.5 Å². The molecule has 2 saturated carbocycles. The lowest BCUT2D eigenvalue weighted by atomic mass is 9.52. The van der Waals surface area contributed by atoms with Crippen LogP contribution in [-0.4, -0.2) is 67.8 Å². The molecule has 6 rings (SSSR count). The van der Waals surface area contributed by atoms with Gasteiger partial charge in [0, 0.05) is 56.6 Å². The van der Waals surface area contributed by atoms with Crippen molar-refractivity contribution in [3.63, 3.8) is 0 Å². The fraction of sp³-hybridized carbons (Fsp3) is 0.618. The first kappa shape index (κ1) is 27.6. The molecule has 4 unspecified atom stereocenters. The third-order valence-corrected chi connectivity index (χ3v) is 10.6. The van der Waals surface area contributed by atoms with Crippen LogP contribution in [0.15, 0.2) is 42.5 Å². The summed E-state index contributed by atoms with van der Waals surface area (Å²) in [4.78, 5) is 17.7. The number of hydrogen-bond donors (Lipinski definition) is 0. The minimum absolute atomic E-state index is 0.103. The molecular formula is C34H46N2O4. The third kappa shape index (κ3) is 4.61. The fourth-order valence-electron chi connectivity index (χ4n) is 8.38. The summed E-state index contributed by atoms with van der Waals surface area (Å²) in [6.07, 6.45) is 5.57. The van der Waals surface area contributed by atoms with Gasteiger partial charge in [-0.1, -0.05) is 43.3 Å². The summed E-state index contributed by atoms with van der Waals surface area (Å²) in [6, 6.07) is 15.1. The van der Waals surface area contributed by atoms with Gasteiger partial charge in [0.15, 0.2) is 11.5 Å². The Morgan fingerprint density at radius 3 is 2.58 bits per heavy atom. The second-order valence-electron chi connectivity index (χ2n) is 12.7. The highest BCUT2D eigenvalue weighted by molar-refractivity contribution is 5.73. The van der Waals surface area contributed by atoms with Gasteiger partial charge in [0.05, 0.1) is 13.2 Å². The third-order valence-electron chi connectivity index (χ3n) is 10.6. The molecule has 6 atom stereocenters. The summed E-state index contributed by atoms with van der Waals surface area (Å²) in [5, 5.41) is 0. The van der Waals surface area contributed by atoms with Crippen LogP contribution in [0.3, 0.4) is 0 Å². The number of hydrogen-bond acceptors (Lipinski definition) is 5. The van der Waals surface area contributed by atoms with Gasteiger partial charge in [0.1, 0.15) is 6.10 Å². The van der Waals surface area contributed by atoms with Crippen molar-refractivity contribution in [2.24, 2.45) is 17.8 Å². The van der Waals surface area contributed by atoms with Gasteiger partial charge >= 0.3 is 0 Å². The lowest BCUT2D eigenvalue weighted by Gasteiger charge is -2.58. The number of benzene rings is 2. The quantitative estimate of drug-likeness (QED) is 0.418. The number of aryl methyl sites for hydroxylation is 1. The highest BCUT2D eigenvalue weighted by Gasteiger charge is 2.65.